The number of halogens is 1. The summed E-state index contributed by atoms with van der Waals surface area (Å²) in [7, 11) is 1.55. The highest BCUT2D eigenvalue weighted by Crippen LogP contribution is 2.14. The first-order valence-corrected chi connectivity index (χ1v) is 6.48. The van der Waals surface area contributed by atoms with Gasteiger partial charge in [0.2, 0.25) is 5.91 Å². The van der Waals surface area contributed by atoms with Crippen molar-refractivity contribution in [3.63, 3.8) is 0 Å². The van der Waals surface area contributed by atoms with Gasteiger partial charge in [-0.05, 0) is 31.0 Å². The van der Waals surface area contributed by atoms with E-state index in [0.717, 1.165) is 6.42 Å². The van der Waals surface area contributed by atoms with E-state index in [4.69, 9.17) is 4.74 Å². The summed E-state index contributed by atoms with van der Waals surface area (Å²) in [5.41, 5.74) is 0.368. The van der Waals surface area contributed by atoms with Crippen LogP contribution in [0.3, 0.4) is 0 Å². The second-order valence-electron chi connectivity index (χ2n) is 4.75. The fourth-order valence-electron chi connectivity index (χ4n) is 2.08. The van der Waals surface area contributed by atoms with E-state index in [1.54, 1.807) is 13.1 Å². The highest BCUT2D eigenvalue weighted by atomic mass is 19.1. The molecule has 1 aromatic carbocycles. The van der Waals surface area contributed by atoms with Gasteiger partial charge in [0.05, 0.1) is 6.54 Å². The summed E-state index contributed by atoms with van der Waals surface area (Å²) in [6.45, 7) is 0.495. The number of rotatable bonds is 4. The van der Waals surface area contributed by atoms with Gasteiger partial charge in [-0.2, -0.15) is 0 Å². The minimum Gasteiger partial charge on any atom is -0.368 e. The van der Waals surface area contributed by atoms with Crippen LogP contribution in [-0.4, -0.2) is 43.0 Å². The molecule has 1 unspecified atom stereocenters. The molecule has 1 aliphatic rings. The Morgan fingerprint density at radius 3 is 2.95 bits per heavy atom. The molecule has 1 saturated heterocycles. The fraction of sp³-hybridized carbons (Fsp3) is 0.429. The lowest BCUT2D eigenvalue weighted by molar-refractivity contribution is -0.141. The number of nitrogens with one attached hydrogen (secondary N) is 1. The normalized spacial score (nSPS) is 17.8. The van der Waals surface area contributed by atoms with Crippen molar-refractivity contribution in [2.75, 3.05) is 25.5 Å². The van der Waals surface area contributed by atoms with Crippen molar-refractivity contribution in [3.05, 3.63) is 30.1 Å². The summed E-state index contributed by atoms with van der Waals surface area (Å²) in [5, 5.41) is 2.55. The van der Waals surface area contributed by atoms with Crippen LogP contribution in [0.15, 0.2) is 24.3 Å². The van der Waals surface area contributed by atoms with Crippen molar-refractivity contribution in [1.82, 2.24) is 4.90 Å². The molecule has 2 rings (SSSR count). The number of carbonyl (C=O) groups is 2. The number of benzene rings is 1. The molecule has 108 valence electrons. The molecule has 6 heteroatoms. The molecule has 5 nitrogen and oxygen atoms in total. The quantitative estimate of drug-likeness (QED) is 0.907. The van der Waals surface area contributed by atoms with Crippen LogP contribution in [0.4, 0.5) is 10.1 Å². The predicted octanol–water partition coefficient (Wildman–Crippen LogP) is 1.40. The fourth-order valence-corrected chi connectivity index (χ4v) is 2.08. The number of nitrogens with zero attached hydrogens (tertiary/aromatic N) is 1. The molecular weight excluding hydrogens is 263 g/mol. The summed E-state index contributed by atoms with van der Waals surface area (Å²) in [5.74, 6) is -0.993. The van der Waals surface area contributed by atoms with Gasteiger partial charge in [-0.25, -0.2) is 4.39 Å². The van der Waals surface area contributed by atoms with Crippen molar-refractivity contribution in [2.45, 2.75) is 18.9 Å². The van der Waals surface area contributed by atoms with Crippen molar-refractivity contribution in [1.29, 1.82) is 0 Å². The third-order valence-electron chi connectivity index (χ3n) is 3.07. The van der Waals surface area contributed by atoms with Crippen LogP contribution in [0.5, 0.6) is 0 Å². The number of anilines is 1. The number of amides is 2. The van der Waals surface area contributed by atoms with Crippen LogP contribution in [0.25, 0.3) is 0 Å². The Kier molecular flexibility index (Phi) is 4.68. The zero-order valence-corrected chi connectivity index (χ0v) is 11.3. The first-order chi connectivity index (χ1) is 9.56. The average molecular weight is 280 g/mol. The molecule has 1 aromatic rings. The van der Waals surface area contributed by atoms with Gasteiger partial charge in [0.15, 0.2) is 0 Å². The minimum absolute atomic E-state index is 0.0881. The molecule has 1 atom stereocenters. The van der Waals surface area contributed by atoms with Gasteiger partial charge in [0.1, 0.15) is 11.9 Å². The Hall–Kier alpha value is -1.95. The molecule has 0 saturated carbocycles. The van der Waals surface area contributed by atoms with Crippen molar-refractivity contribution >= 4 is 17.5 Å². The third kappa shape index (κ3) is 3.77. The van der Waals surface area contributed by atoms with Gasteiger partial charge in [-0.3, -0.25) is 9.59 Å². The third-order valence-corrected chi connectivity index (χ3v) is 3.07. The lowest BCUT2D eigenvalue weighted by Crippen LogP contribution is -2.40. The lowest BCUT2D eigenvalue weighted by atomic mass is 10.2. The number of hydrogen-bond donors (Lipinski definition) is 1. The average Bonchev–Trinajstić information content (AvgIpc) is 2.91. The van der Waals surface area contributed by atoms with Gasteiger partial charge < -0.3 is 15.0 Å². The van der Waals surface area contributed by atoms with Crippen molar-refractivity contribution in [3.8, 4) is 0 Å². The molecule has 1 N–H and O–H groups in total. The second-order valence-corrected chi connectivity index (χ2v) is 4.75. The van der Waals surface area contributed by atoms with Crippen molar-refractivity contribution < 1.29 is 18.7 Å². The smallest absolute Gasteiger partial charge is 0.251 e. The SMILES string of the molecule is CN(CC(=O)Nc1cccc(F)c1)C(=O)C1CCCO1. The Morgan fingerprint density at radius 2 is 2.30 bits per heavy atom. The van der Waals surface area contributed by atoms with Crippen molar-refractivity contribution in [2.24, 2.45) is 0 Å². The molecule has 1 fully saturated rings. The van der Waals surface area contributed by atoms with Gasteiger partial charge in [-0.1, -0.05) is 6.07 Å². The largest absolute Gasteiger partial charge is 0.368 e. The predicted molar refractivity (Wildman–Crippen MR) is 71.6 cm³/mol. The maximum atomic E-state index is 13.0. The maximum Gasteiger partial charge on any atom is 0.251 e. The first kappa shape index (κ1) is 14.5. The van der Waals surface area contributed by atoms with Gasteiger partial charge >= 0.3 is 0 Å². The van der Waals surface area contributed by atoms with Crippen LogP contribution < -0.4 is 5.32 Å². The second kappa shape index (κ2) is 6.47. The van der Waals surface area contributed by atoms with E-state index in [2.05, 4.69) is 5.32 Å². The van der Waals surface area contributed by atoms with Crippen LogP contribution in [-0.2, 0) is 14.3 Å². The summed E-state index contributed by atoms with van der Waals surface area (Å²) in [6.07, 6.45) is 1.11. The topological polar surface area (TPSA) is 58.6 Å². The minimum atomic E-state index is -0.443. The Morgan fingerprint density at radius 1 is 1.50 bits per heavy atom. The molecule has 0 aromatic heterocycles. The number of ether oxygens (including phenoxy) is 1. The van der Waals surface area contributed by atoms with E-state index >= 15 is 0 Å². The van der Waals surface area contributed by atoms with Crippen LogP contribution >= 0.6 is 0 Å². The molecule has 1 heterocycles. The summed E-state index contributed by atoms with van der Waals surface area (Å²) >= 11 is 0. The Labute approximate surface area is 116 Å². The van der Waals surface area contributed by atoms with Gasteiger partial charge in [0, 0.05) is 19.3 Å². The number of carbonyl (C=O) groups excluding carboxylic acids is 2. The zero-order valence-electron chi connectivity index (χ0n) is 11.3. The molecule has 0 radical (unpaired) electrons. The van der Waals surface area contributed by atoms with E-state index in [-0.39, 0.29) is 18.4 Å². The number of likely N-dealkylation sites (N-methyl/N-ethyl adjacent to an activating group) is 1. The molecule has 0 bridgehead atoms. The molecule has 0 aliphatic carbocycles. The molecule has 20 heavy (non-hydrogen) atoms. The first-order valence-electron chi connectivity index (χ1n) is 6.48. The van der Waals surface area contributed by atoms with Crippen LogP contribution in [0.2, 0.25) is 0 Å². The molecule has 2 amide bonds. The molecular formula is C14H17FN2O3. The van der Waals surface area contributed by atoms with E-state index in [9.17, 15) is 14.0 Å². The lowest BCUT2D eigenvalue weighted by Gasteiger charge is -2.20. The Bertz CT molecular complexity index is 501. The molecule has 0 spiro atoms. The zero-order chi connectivity index (χ0) is 14.5. The van der Waals surface area contributed by atoms with Gasteiger partial charge in [-0.15, -0.1) is 0 Å². The monoisotopic (exact) mass is 280 g/mol. The number of hydrogen-bond acceptors (Lipinski definition) is 3. The summed E-state index contributed by atoms with van der Waals surface area (Å²) in [4.78, 5) is 25.1. The molecule has 1 aliphatic heterocycles. The van der Waals surface area contributed by atoms with E-state index in [1.165, 1.54) is 23.1 Å². The van der Waals surface area contributed by atoms with Crippen LogP contribution in [0.1, 0.15) is 12.8 Å². The van der Waals surface area contributed by atoms with Crippen LogP contribution in [0, 0.1) is 5.82 Å². The van der Waals surface area contributed by atoms with E-state index in [1.807, 2.05) is 0 Å². The maximum absolute atomic E-state index is 13.0. The van der Waals surface area contributed by atoms with Gasteiger partial charge in [0.25, 0.3) is 5.91 Å². The summed E-state index contributed by atoms with van der Waals surface area (Å²) < 4.78 is 18.3. The summed E-state index contributed by atoms with van der Waals surface area (Å²) in [6, 6.07) is 5.61. The standard InChI is InChI=1S/C14H17FN2O3/c1-17(14(19)12-6-3-7-20-12)9-13(18)16-11-5-2-4-10(15)8-11/h2,4-5,8,12H,3,6-7,9H2,1H3,(H,16,18). The highest BCUT2D eigenvalue weighted by Gasteiger charge is 2.27. The van der Waals surface area contributed by atoms with E-state index < -0.39 is 11.9 Å². The Balaban J connectivity index is 1.85. The highest BCUT2D eigenvalue weighted by molar-refractivity contribution is 5.95. The van der Waals surface area contributed by atoms with E-state index in [0.29, 0.717) is 18.7 Å².